The molecule has 1 aromatic carbocycles. The minimum Gasteiger partial charge on any atom is -0.366 e. The molecule has 0 saturated heterocycles. The molecule has 6 heteroatoms. The number of hydrogen-bond donors (Lipinski definition) is 2. The number of rotatable bonds is 4. The van der Waals surface area contributed by atoms with Gasteiger partial charge < -0.3 is 10.6 Å². The van der Waals surface area contributed by atoms with Crippen molar-refractivity contribution in [2.24, 2.45) is 0 Å². The molecule has 1 aliphatic rings. The Bertz CT molecular complexity index is 664. The largest absolute Gasteiger partial charge is 0.366 e. The second-order valence-electron chi connectivity index (χ2n) is 6.10. The van der Waals surface area contributed by atoms with Crippen molar-refractivity contribution in [3.63, 3.8) is 0 Å². The maximum atomic E-state index is 12.2. The van der Waals surface area contributed by atoms with Crippen LogP contribution in [0.4, 0.5) is 11.5 Å². The fourth-order valence-electron chi connectivity index (χ4n) is 2.89. The van der Waals surface area contributed by atoms with Crippen LogP contribution in [0.5, 0.6) is 0 Å². The molecular formula is C18H21BrN4O. The number of carbonyl (C=O) groups is 1. The number of amides is 1. The van der Waals surface area contributed by atoms with Crippen LogP contribution in [0.15, 0.2) is 40.9 Å². The fourth-order valence-corrected chi connectivity index (χ4v) is 3.16. The summed E-state index contributed by atoms with van der Waals surface area (Å²) in [5.74, 6) is 0.480. The third-order valence-electron chi connectivity index (χ3n) is 4.21. The number of benzene rings is 1. The van der Waals surface area contributed by atoms with Crippen LogP contribution in [0.25, 0.3) is 0 Å². The first kappa shape index (κ1) is 16.9. The van der Waals surface area contributed by atoms with Crippen molar-refractivity contribution in [1.29, 1.82) is 0 Å². The fraction of sp³-hybridized carbons (Fsp3) is 0.389. The van der Waals surface area contributed by atoms with E-state index in [0.717, 1.165) is 16.0 Å². The first-order valence-corrected chi connectivity index (χ1v) is 9.17. The van der Waals surface area contributed by atoms with Gasteiger partial charge in [0.05, 0.1) is 0 Å². The second-order valence-corrected chi connectivity index (χ2v) is 7.01. The van der Waals surface area contributed by atoms with Gasteiger partial charge in [-0.3, -0.25) is 4.79 Å². The van der Waals surface area contributed by atoms with Crippen LogP contribution >= 0.6 is 15.9 Å². The third-order valence-corrected chi connectivity index (χ3v) is 4.74. The third kappa shape index (κ3) is 4.77. The van der Waals surface area contributed by atoms with E-state index >= 15 is 0 Å². The molecule has 2 aromatic rings. The van der Waals surface area contributed by atoms with Crippen LogP contribution in [-0.4, -0.2) is 22.1 Å². The Morgan fingerprint density at radius 3 is 2.29 bits per heavy atom. The van der Waals surface area contributed by atoms with Crippen molar-refractivity contribution in [3.05, 3.63) is 46.6 Å². The van der Waals surface area contributed by atoms with Gasteiger partial charge in [0.1, 0.15) is 5.82 Å². The average Bonchev–Trinajstić information content (AvgIpc) is 2.86. The predicted molar refractivity (Wildman–Crippen MR) is 99.2 cm³/mol. The molecule has 2 N–H and O–H groups in total. The van der Waals surface area contributed by atoms with E-state index in [2.05, 4.69) is 36.8 Å². The smallest absolute Gasteiger partial charge is 0.276 e. The number of aromatic nitrogens is 2. The lowest BCUT2D eigenvalue weighted by atomic mass is 10.1. The molecule has 3 rings (SSSR count). The van der Waals surface area contributed by atoms with Crippen molar-refractivity contribution < 1.29 is 4.79 Å². The van der Waals surface area contributed by atoms with Crippen molar-refractivity contribution in [1.82, 2.24) is 10.2 Å². The van der Waals surface area contributed by atoms with Gasteiger partial charge in [-0.05, 0) is 49.2 Å². The summed E-state index contributed by atoms with van der Waals surface area (Å²) in [5.41, 5.74) is 1.04. The highest BCUT2D eigenvalue weighted by Gasteiger charge is 2.13. The summed E-state index contributed by atoms with van der Waals surface area (Å²) >= 11 is 3.37. The number of nitrogens with one attached hydrogen (secondary N) is 2. The normalized spacial score (nSPS) is 15.5. The molecule has 1 fully saturated rings. The predicted octanol–water partition coefficient (Wildman–Crippen LogP) is 4.63. The molecule has 1 aliphatic carbocycles. The van der Waals surface area contributed by atoms with Gasteiger partial charge >= 0.3 is 0 Å². The molecule has 24 heavy (non-hydrogen) atoms. The number of halogens is 1. The molecular weight excluding hydrogens is 368 g/mol. The highest BCUT2D eigenvalue weighted by atomic mass is 79.9. The molecule has 0 unspecified atom stereocenters. The second kappa shape index (κ2) is 8.24. The van der Waals surface area contributed by atoms with E-state index in [1.807, 2.05) is 30.3 Å². The van der Waals surface area contributed by atoms with Gasteiger partial charge in [0, 0.05) is 16.2 Å². The van der Waals surface area contributed by atoms with Gasteiger partial charge in [0.25, 0.3) is 5.91 Å². The first-order valence-electron chi connectivity index (χ1n) is 8.38. The monoisotopic (exact) mass is 388 g/mol. The van der Waals surface area contributed by atoms with Crippen molar-refractivity contribution in [2.75, 3.05) is 10.6 Å². The van der Waals surface area contributed by atoms with E-state index in [1.54, 1.807) is 6.07 Å². The molecule has 0 spiro atoms. The van der Waals surface area contributed by atoms with Gasteiger partial charge in [-0.15, -0.1) is 10.2 Å². The number of hydrogen-bond acceptors (Lipinski definition) is 4. The van der Waals surface area contributed by atoms with Crippen molar-refractivity contribution in [3.8, 4) is 0 Å². The lowest BCUT2D eigenvalue weighted by Crippen LogP contribution is -2.20. The zero-order valence-corrected chi connectivity index (χ0v) is 15.1. The van der Waals surface area contributed by atoms with Crippen LogP contribution in [0.2, 0.25) is 0 Å². The van der Waals surface area contributed by atoms with Gasteiger partial charge in [-0.2, -0.15) is 0 Å². The molecule has 1 saturated carbocycles. The van der Waals surface area contributed by atoms with Crippen LogP contribution in [0, 0.1) is 0 Å². The number of carbonyl (C=O) groups excluding carboxylic acids is 1. The zero-order chi connectivity index (χ0) is 16.8. The van der Waals surface area contributed by atoms with Crippen LogP contribution in [0.3, 0.4) is 0 Å². The maximum Gasteiger partial charge on any atom is 0.276 e. The minimum atomic E-state index is -0.258. The van der Waals surface area contributed by atoms with E-state index in [1.165, 1.54) is 38.5 Å². The molecule has 5 nitrogen and oxygen atoms in total. The van der Waals surface area contributed by atoms with Crippen LogP contribution in [-0.2, 0) is 0 Å². The Hall–Kier alpha value is -1.95. The highest BCUT2D eigenvalue weighted by molar-refractivity contribution is 9.10. The van der Waals surface area contributed by atoms with E-state index in [9.17, 15) is 4.79 Å². The molecule has 0 aliphatic heterocycles. The van der Waals surface area contributed by atoms with Gasteiger partial charge in [-0.25, -0.2) is 0 Å². The summed E-state index contributed by atoms with van der Waals surface area (Å²) < 4.78 is 0.967. The zero-order valence-electron chi connectivity index (χ0n) is 13.5. The summed E-state index contributed by atoms with van der Waals surface area (Å²) in [6.45, 7) is 0. The lowest BCUT2D eigenvalue weighted by molar-refractivity contribution is 0.102. The van der Waals surface area contributed by atoms with Gasteiger partial charge in [0.15, 0.2) is 5.69 Å². The Kier molecular flexibility index (Phi) is 5.80. The van der Waals surface area contributed by atoms with Crippen molar-refractivity contribution >= 4 is 33.3 Å². The first-order chi connectivity index (χ1) is 11.7. The Morgan fingerprint density at radius 2 is 1.67 bits per heavy atom. The molecule has 0 radical (unpaired) electrons. The van der Waals surface area contributed by atoms with Crippen LogP contribution in [0.1, 0.15) is 49.0 Å². The maximum absolute atomic E-state index is 12.2. The average molecular weight is 389 g/mol. The summed E-state index contributed by atoms with van der Waals surface area (Å²) in [7, 11) is 0. The number of nitrogens with zero attached hydrogens (tertiary/aromatic N) is 2. The summed E-state index contributed by atoms with van der Waals surface area (Å²) in [4.78, 5) is 12.2. The van der Waals surface area contributed by atoms with E-state index in [-0.39, 0.29) is 5.91 Å². The molecule has 1 aromatic heterocycles. The van der Waals surface area contributed by atoms with E-state index in [4.69, 9.17) is 0 Å². The highest BCUT2D eigenvalue weighted by Crippen LogP contribution is 2.20. The number of anilines is 2. The van der Waals surface area contributed by atoms with Gasteiger partial charge in [0.2, 0.25) is 0 Å². The van der Waals surface area contributed by atoms with E-state index in [0.29, 0.717) is 11.7 Å². The van der Waals surface area contributed by atoms with Crippen LogP contribution < -0.4 is 10.6 Å². The summed E-state index contributed by atoms with van der Waals surface area (Å²) in [6.07, 6.45) is 7.51. The Balaban J connectivity index is 1.58. The molecule has 1 heterocycles. The minimum absolute atomic E-state index is 0.258. The molecule has 126 valence electrons. The molecule has 0 atom stereocenters. The summed E-state index contributed by atoms with van der Waals surface area (Å²) in [5, 5.41) is 14.4. The topological polar surface area (TPSA) is 66.9 Å². The Morgan fingerprint density at radius 1 is 0.958 bits per heavy atom. The summed E-state index contributed by atoms with van der Waals surface area (Å²) in [6, 6.07) is 11.4. The molecule has 1 amide bonds. The van der Waals surface area contributed by atoms with Gasteiger partial charge in [-0.1, -0.05) is 41.6 Å². The molecule has 0 bridgehead atoms. The van der Waals surface area contributed by atoms with Crippen molar-refractivity contribution in [2.45, 2.75) is 44.6 Å². The standard InChI is InChI=1S/C18H21BrN4O/c19-13-7-9-15(10-8-13)21-18(24)16-11-12-17(23-22-16)20-14-5-3-1-2-4-6-14/h7-12,14H,1-6H2,(H,20,23)(H,21,24). The quantitative estimate of drug-likeness (QED) is 0.749. The Labute approximate surface area is 150 Å². The van der Waals surface area contributed by atoms with E-state index < -0.39 is 0 Å². The SMILES string of the molecule is O=C(Nc1ccc(Br)cc1)c1ccc(NC2CCCCCC2)nn1. The lowest BCUT2D eigenvalue weighted by Gasteiger charge is -2.16.